The number of piperidine rings is 1. The summed E-state index contributed by atoms with van der Waals surface area (Å²) >= 11 is 0. The van der Waals surface area contributed by atoms with Crippen LogP contribution in [0.3, 0.4) is 0 Å². The highest BCUT2D eigenvalue weighted by Crippen LogP contribution is 2.20. The lowest BCUT2D eigenvalue weighted by Gasteiger charge is -2.38. The fraction of sp³-hybridized carbons (Fsp3) is 0.500. The first-order valence-corrected chi connectivity index (χ1v) is 8.38. The lowest BCUT2D eigenvalue weighted by atomic mass is 10.0. The van der Waals surface area contributed by atoms with Crippen LogP contribution in [0.15, 0.2) is 36.5 Å². The third kappa shape index (κ3) is 4.26. The highest BCUT2D eigenvalue weighted by molar-refractivity contribution is 5.38. The van der Waals surface area contributed by atoms with Crippen LogP contribution in [0.5, 0.6) is 0 Å². The molecule has 0 N–H and O–H groups in total. The van der Waals surface area contributed by atoms with E-state index in [0.717, 1.165) is 43.3 Å². The first kappa shape index (κ1) is 15.9. The molecule has 0 spiro atoms. The van der Waals surface area contributed by atoms with Gasteiger partial charge in [0, 0.05) is 44.0 Å². The van der Waals surface area contributed by atoms with Crippen LogP contribution in [-0.4, -0.2) is 52.8 Å². The van der Waals surface area contributed by atoms with Gasteiger partial charge in [0.2, 0.25) is 0 Å². The van der Waals surface area contributed by atoms with Crippen molar-refractivity contribution in [3.63, 3.8) is 0 Å². The first-order valence-electron chi connectivity index (χ1n) is 8.38. The molecular weight excluding hydrogens is 286 g/mol. The van der Waals surface area contributed by atoms with Crippen LogP contribution in [0.4, 0.5) is 5.82 Å². The van der Waals surface area contributed by atoms with Gasteiger partial charge in [0.05, 0.1) is 5.69 Å². The quantitative estimate of drug-likeness (QED) is 0.848. The number of hydrogen-bond acceptors (Lipinski definition) is 5. The largest absolute Gasteiger partial charge is 0.354 e. The first-order chi connectivity index (χ1) is 11.2. The zero-order valence-electron chi connectivity index (χ0n) is 14.0. The van der Waals surface area contributed by atoms with E-state index in [1.165, 1.54) is 12.8 Å². The van der Waals surface area contributed by atoms with Crippen LogP contribution in [0, 0.1) is 6.92 Å². The van der Waals surface area contributed by atoms with E-state index in [9.17, 15) is 0 Å². The summed E-state index contributed by atoms with van der Waals surface area (Å²) in [5.41, 5.74) is 2.13. The molecule has 1 aliphatic heterocycles. The highest BCUT2D eigenvalue weighted by Gasteiger charge is 2.24. The van der Waals surface area contributed by atoms with Crippen molar-refractivity contribution in [3.05, 3.63) is 47.9 Å². The molecule has 0 radical (unpaired) electrons. The third-order valence-corrected chi connectivity index (χ3v) is 4.57. The summed E-state index contributed by atoms with van der Waals surface area (Å²) in [5, 5.41) is 8.52. The van der Waals surface area contributed by atoms with Crippen LogP contribution in [0.1, 0.15) is 24.2 Å². The molecule has 0 saturated carbocycles. The lowest BCUT2D eigenvalue weighted by molar-refractivity contribution is 0.216. The SMILES string of the molecule is Cc1ccc(N2CCC[C@@H](N(C)CCc3ccccn3)C2)nn1. The topological polar surface area (TPSA) is 45.2 Å². The average molecular weight is 311 g/mol. The molecular formula is C18H25N5. The van der Waals surface area contributed by atoms with Gasteiger partial charge >= 0.3 is 0 Å². The van der Waals surface area contributed by atoms with Gasteiger partial charge in [0.15, 0.2) is 5.82 Å². The van der Waals surface area contributed by atoms with Crippen LogP contribution >= 0.6 is 0 Å². The summed E-state index contributed by atoms with van der Waals surface area (Å²) in [5.74, 6) is 0.999. The summed E-state index contributed by atoms with van der Waals surface area (Å²) in [4.78, 5) is 9.23. The molecule has 2 aromatic rings. The van der Waals surface area contributed by atoms with Gasteiger partial charge in [0.25, 0.3) is 0 Å². The van der Waals surface area contributed by atoms with E-state index in [2.05, 4.69) is 50.2 Å². The fourth-order valence-corrected chi connectivity index (χ4v) is 3.10. The zero-order valence-corrected chi connectivity index (χ0v) is 14.0. The molecule has 1 fully saturated rings. The second kappa shape index (κ2) is 7.51. The van der Waals surface area contributed by atoms with Crippen molar-refractivity contribution >= 4 is 5.82 Å². The Morgan fingerprint density at radius 1 is 1.22 bits per heavy atom. The zero-order chi connectivity index (χ0) is 16.1. The van der Waals surface area contributed by atoms with Crippen LogP contribution in [0.2, 0.25) is 0 Å². The van der Waals surface area contributed by atoms with Crippen molar-refractivity contribution < 1.29 is 0 Å². The van der Waals surface area contributed by atoms with Crippen LogP contribution in [0.25, 0.3) is 0 Å². The summed E-state index contributed by atoms with van der Waals surface area (Å²) in [6, 6.07) is 10.8. The maximum atomic E-state index is 4.41. The number of rotatable bonds is 5. The highest BCUT2D eigenvalue weighted by atomic mass is 15.3. The van der Waals surface area contributed by atoms with E-state index in [4.69, 9.17) is 0 Å². The van der Waals surface area contributed by atoms with Crippen LogP contribution in [-0.2, 0) is 6.42 Å². The van der Waals surface area contributed by atoms with Crippen molar-refractivity contribution in [3.8, 4) is 0 Å². The Labute approximate surface area is 138 Å². The van der Waals surface area contributed by atoms with Crippen molar-refractivity contribution in [2.75, 3.05) is 31.6 Å². The van der Waals surface area contributed by atoms with Gasteiger partial charge in [-0.25, -0.2) is 0 Å². The maximum Gasteiger partial charge on any atom is 0.151 e. The predicted molar refractivity (Wildman–Crippen MR) is 92.6 cm³/mol. The van der Waals surface area contributed by atoms with Gasteiger partial charge < -0.3 is 9.80 Å². The van der Waals surface area contributed by atoms with Crippen molar-refractivity contribution in [1.29, 1.82) is 0 Å². The molecule has 0 bridgehead atoms. The second-order valence-corrected chi connectivity index (χ2v) is 6.33. The molecule has 0 unspecified atom stereocenters. The average Bonchev–Trinajstić information content (AvgIpc) is 2.61. The number of likely N-dealkylation sites (N-methyl/N-ethyl adjacent to an activating group) is 1. The summed E-state index contributed by atoms with van der Waals surface area (Å²) in [7, 11) is 2.22. The monoisotopic (exact) mass is 311 g/mol. The standard InChI is InChI=1S/C18H25N5/c1-15-8-9-18(21-20-15)23-12-5-7-17(14-23)22(2)13-10-16-6-3-4-11-19-16/h3-4,6,8-9,11,17H,5,7,10,12-14H2,1-2H3/t17-/m1/s1. The molecule has 122 valence electrons. The molecule has 2 aromatic heterocycles. The van der Waals surface area contributed by atoms with Crippen molar-refractivity contribution in [2.45, 2.75) is 32.2 Å². The van der Waals surface area contributed by atoms with E-state index in [0.29, 0.717) is 6.04 Å². The number of anilines is 1. The minimum atomic E-state index is 0.565. The normalized spacial score (nSPS) is 18.4. The van der Waals surface area contributed by atoms with Gasteiger partial charge in [-0.1, -0.05) is 6.07 Å². The summed E-state index contributed by atoms with van der Waals surface area (Å²) in [6.07, 6.45) is 5.31. The molecule has 0 aromatic carbocycles. The number of aromatic nitrogens is 3. The van der Waals surface area contributed by atoms with Crippen molar-refractivity contribution in [1.82, 2.24) is 20.1 Å². The summed E-state index contributed by atoms with van der Waals surface area (Å²) in [6.45, 7) is 5.11. The van der Waals surface area contributed by atoms with E-state index in [1.54, 1.807) is 0 Å². The smallest absolute Gasteiger partial charge is 0.151 e. The minimum absolute atomic E-state index is 0.565. The Balaban J connectivity index is 1.56. The Hall–Kier alpha value is -2.01. The summed E-state index contributed by atoms with van der Waals surface area (Å²) < 4.78 is 0. The Morgan fingerprint density at radius 3 is 2.87 bits per heavy atom. The number of aryl methyl sites for hydroxylation is 1. The molecule has 1 aliphatic rings. The van der Waals surface area contributed by atoms with E-state index < -0.39 is 0 Å². The lowest BCUT2D eigenvalue weighted by Crippen LogP contribution is -2.47. The Bertz CT molecular complexity index is 599. The third-order valence-electron chi connectivity index (χ3n) is 4.57. The molecule has 0 aliphatic carbocycles. The molecule has 1 saturated heterocycles. The molecule has 0 amide bonds. The predicted octanol–water partition coefficient (Wildman–Crippen LogP) is 2.32. The van der Waals surface area contributed by atoms with Gasteiger partial charge in [-0.2, -0.15) is 5.10 Å². The van der Waals surface area contributed by atoms with E-state index >= 15 is 0 Å². The van der Waals surface area contributed by atoms with Crippen LogP contribution < -0.4 is 4.90 Å². The van der Waals surface area contributed by atoms with Gasteiger partial charge in [-0.05, 0) is 51.1 Å². The van der Waals surface area contributed by atoms with Crippen molar-refractivity contribution in [2.24, 2.45) is 0 Å². The molecule has 3 rings (SSSR count). The number of nitrogens with zero attached hydrogens (tertiary/aromatic N) is 5. The molecule has 23 heavy (non-hydrogen) atoms. The minimum Gasteiger partial charge on any atom is -0.354 e. The van der Waals surface area contributed by atoms with E-state index in [1.807, 2.05) is 25.3 Å². The number of pyridine rings is 1. The molecule has 5 nitrogen and oxygen atoms in total. The van der Waals surface area contributed by atoms with Gasteiger partial charge in [0.1, 0.15) is 0 Å². The molecule has 1 atom stereocenters. The van der Waals surface area contributed by atoms with E-state index in [-0.39, 0.29) is 0 Å². The molecule has 3 heterocycles. The Kier molecular flexibility index (Phi) is 5.18. The van der Waals surface area contributed by atoms with Gasteiger partial charge in [-0.15, -0.1) is 5.10 Å². The Morgan fingerprint density at radius 2 is 2.13 bits per heavy atom. The number of hydrogen-bond donors (Lipinski definition) is 0. The molecule has 5 heteroatoms. The second-order valence-electron chi connectivity index (χ2n) is 6.33. The maximum absolute atomic E-state index is 4.41. The fourth-order valence-electron chi connectivity index (χ4n) is 3.10. The van der Waals surface area contributed by atoms with Gasteiger partial charge in [-0.3, -0.25) is 4.98 Å².